The molecular weight excluding hydrogens is 230 g/mol. The van der Waals surface area contributed by atoms with Gasteiger partial charge in [0.1, 0.15) is 5.69 Å². The summed E-state index contributed by atoms with van der Waals surface area (Å²) in [5.74, 6) is 0.292. The monoisotopic (exact) mass is 241 g/mol. The highest BCUT2D eigenvalue weighted by atomic mass is 16.5. The van der Waals surface area contributed by atoms with Gasteiger partial charge in [-0.05, 0) is 17.7 Å². The molecule has 6 heteroatoms. The van der Waals surface area contributed by atoms with Gasteiger partial charge in [0, 0.05) is 31.2 Å². The van der Waals surface area contributed by atoms with Gasteiger partial charge in [0.25, 0.3) is 0 Å². The molecule has 0 fully saturated rings. The van der Waals surface area contributed by atoms with Gasteiger partial charge in [-0.2, -0.15) is 5.10 Å². The van der Waals surface area contributed by atoms with Crippen LogP contribution in [0.15, 0.2) is 41.4 Å². The molecule has 3 aromatic rings. The van der Waals surface area contributed by atoms with E-state index in [4.69, 9.17) is 10.3 Å². The molecule has 2 N–H and O–H groups in total. The van der Waals surface area contributed by atoms with E-state index < -0.39 is 0 Å². The predicted molar refractivity (Wildman–Crippen MR) is 66.3 cm³/mol. The zero-order valence-electron chi connectivity index (χ0n) is 9.74. The van der Waals surface area contributed by atoms with Gasteiger partial charge >= 0.3 is 0 Å². The maximum atomic E-state index is 5.84. The van der Waals surface area contributed by atoms with Crippen LogP contribution in [0, 0.1) is 0 Å². The third-order valence-electron chi connectivity index (χ3n) is 2.67. The van der Waals surface area contributed by atoms with Crippen molar-refractivity contribution in [1.29, 1.82) is 0 Å². The SMILES string of the molecule is Cn1cc(-c2noc(N)c2-c2ccncc2)cn1. The summed E-state index contributed by atoms with van der Waals surface area (Å²) in [5, 5.41) is 8.12. The number of aryl methyl sites for hydroxylation is 1. The minimum absolute atomic E-state index is 0.292. The molecule has 0 saturated heterocycles. The fourth-order valence-electron chi connectivity index (χ4n) is 1.84. The quantitative estimate of drug-likeness (QED) is 0.738. The number of anilines is 1. The zero-order chi connectivity index (χ0) is 12.5. The molecular formula is C12H11N5O. The normalized spacial score (nSPS) is 10.7. The summed E-state index contributed by atoms with van der Waals surface area (Å²) in [5.41, 5.74) is 9.08. The molecule has 0 atom stereocenters. The molecule has 0 amide bonds. The lowest BCUT2D eigenvalue weighted by molar-refractivity contribution is 0.439. The highest BCUT2D eigenvalue weighted by molar-refractivity contribution is 5.86. The van der Waals surface area contributed by atoms with Gasteiger partial charge in [-0.3, -0.25) is 9.67 Å². The Morgan fingerprint density at radius 3 is 2.67 bits per heavy atom. The molecule has 0 unspecified atom stereocenters. The smallest absolute Gasteiger partial charge is 0.230 e. The average Bonchev–Trinajstić information content (AvgIpc) is 2.96. The van der Waals surface area contributed by atoms with Crippen molar-refractivity contribution >= 4 is 5.88 Å². The number of nitrogen functional groups attached to an aromatic ring is 1. The Kier molecular flexibility index (Phi) is 2.33. The van der Waals surface area contributed by atoms with Crippen LogP contribution in [0.1, 0.15) is 0 Å². The molecule has 0 saturated carbocycles. The van der Waals surface area contributed by atoms with E-state index in [0.29, 0.717) is 11.6 Å². The number of nitrogens with two attached hydrogens (primary N) is 1. The molecule has 0 bridgehead atoms. The van der Waals surface area contributed by atoms with E-state index in [9.17, 15) is 0 Å². The minimum atomic E-state index is 0.292. The van der Waals surface area contributed by atoms with E-state index in [1.54, 1.807) is 23.3 Å². The van der Waals surface area contributed by atoms with E-state index in [0.717, 1.165) is 16.7 Å². The molecule has 0 aromatic carbocycles. The molecule has 3 rings (SSSR count). The van der Waals surface area contributed by atoms with Gasteiger partial charge in [-0.25, -0.2) is 0 Å². The van der Waals surface area contributed by atoms with E-state index in [2.05, 4.69) is 15.2 Å². The molecule has 3 heterocycles. The van der Waals surface area contributed by atoms with Crippen molar-refractivity contribution in [2.75, 3.05) is 5.73 Å². The second kappa shape index (κ2) is 3.99. The van der Waals surface area contributed by atoms with Gasteiger partial charge < -0.3 is 10.3 Å². The number of aromatic nitrogens is 4. The van der Waals surface area contributed by atoms with E-state index in [1.165, 1.54) is 0 Å². The molecule has 0 radical (unpaired) electrons. The van der Waals surface area contributed by atoms with Crippen LogP contribution in [-0.2, 0) is 7.05 Å². The largest absolute Gasteiger partial charge is 0.367 e. The summed E-state index contributed by atoms with van der Waals surface area (Å²) in [6.45, 7) is 0. The molecule has 0 aliphatic heterocycles. The van der Waals surface area contributed by atoms with Crippen LogP contribution in [0.25, 0.3) is 22.4 Å². The Morgan fingerprint density at radius 1 is 1.22 bits per heavy atom. The highest BCUT2D eigenvalue weighted by Gasteiger charge is 2.18. The van der Waals surface area contributed by atoms with Crippen molar-refractivity contribution in [3.8, 4) is 22.4 Å². The lowest BCUT2D eigenvalue weighted by Crippen LogP contribution is -1.87. The van der Waals surface area contributed by atoms with Gasteiger partial charge in [0.05, 0.1) is 11.8 Å². The first-order valence-corrected chi connectivity index (χ1v) is 5.40. The molecule has 6 nitrogen and oxygen atoms in total. The van der Waals surface area contributed by atoms with E-state index >= 15 is 0 Å². The molecule has 18 heavy (non-hydrogen) atoms. The second-order valence-corrected chi connectivity index (χ2v) is 3.91. The van der Waals surface area contributed by atoms with Gasteiger partial charge in [0.15, 0.2) is 0 Å². The summed E-state index contributed by atoms with van der Waals surface area (Å²) < 4.78 is 6.79. The van der Waals surface area contributed by atoms with Gasteiger partial charge in [-0.1, -0.05) is 5.16 Å². The standard InChI is InChI=1S/C12H11N5O/c1-17-7-9(6-15-17)11-10(12(13)18-16-11)8-2-4-14-5-3-8/h2-7H,13H2,1H3. The summed E-state index contributed by atoms with van der Waals surface area (Å²) in [7, 11) is 1.85. The van der Waals surface area contributed by atoms with Crippen LogP contribution in [0.2, 0.25) is 0 Å². The highest BCUT2D eigenvalue weighted by Crippen LogP contribution is 2.35. The number of nitrogens with zero attached hydrogens (tertiary/aromatic N) is 4. The fraction of sp³-hybridized carbons (Fsp3) is 0.0833. The average molecular weight is 241 g/mol. The zero-order valence-corrected chi connectivity index (χ0v) is 9.74. The Hall–Kier alpha value is -2.63. The maximum absolute atomic E-state index is 5.84. The first kappa shape index (κ1) is 10.5. The van der Waals surface area contributed by atoms with Crippen molar-refractivity contribution in [2.24, 2.45) is 7.05 Å². The minimum Gasteiger partial charge on any atom is -0.367 e. The van der Waals surface area contributed by atoms with Crippen LogP contribution < -0.4 is 5.73 Å². The predicted octanol–water partition coefficient (Wildman–Crippen LogP) is 1.72. The van der Waals surface area contributed by atoms with Gasteiger partial charge in [-0.15, -0.1) is 0 Å². The number of rotatable bonds is 2. The Morgan fingerprint density at radius 2 is 2.00 bits per heavy atom. The lowest BCUT2D eigenvalue weighted by Gasteiger charge is -1.99. The van der Waals surface area contributed by atoms with E-state index in [-0.39, 0.29) is 0 Å². The first-order valence-electron chi connectivity index (χ1n) is 5.40. The Balaban J connectivity index is 2.18. The summed E-state index contributed by atoms with van der Waals surface area (Å²) >= 11 is 0. The number of pyridine rings is 1. The Labute approximate surface area is 103 Å². The molecule has 0 spiro atoms. The third kappa shape index (κ3) is 1.64. The fourth-order valence-corrected chi connectivity index (χ4v) is 1.84. The van der Waals surface area contributed by atoms with Crippen molar-refractivity contribution in [3.63, 3.8) is 0 Å². The van der Waals surface area contributed by atoms with Crippen LogP contribution in [0.3, 0.4) is 0 Å². The lowest BCUT2D eigenvalue weighted by atomic mass is 10.0. The maximum Gasteiger partial charge on any atom is 0.230 e. The summed E-state index contributed by atoms with van der Waals surface area (Å²) in [6, 6.07) is 3.73. The van der Waals surface area contributed by atoms with Crippen LogP contribution in [0.5, 0.6) is 0 Å². The molecule has 90 valence electrons. The van der Waals surface area contributed by atoms with Crippen molar-refractivity contribution < 1.29 is 4.52 Å². The Bertz CT molecular complexity index is 671. The number of hydrogen-bond donors (Lipinski definition) is 1. The van der Waals surface area contributed by atoms with Crippen molar-refractivity contribution in [3.05, 3.63) is 36.9 Å². The second-order valence-electron chi connectivity index (χ2n) is 3.91. The molecule has 0 aliphatic rings. The van der Waals surface area contributed by atoms with Crippen molar-refractivity contribution in [1.82, 2.24) is 19.9 Å². The van der Waals surface area contributed by atoms with Crippen LogP contribution in [-0.4, -0.2) is 19.9 Å². The third-order valence-corrected chi connectivity index (χ3v) is 2.67. The molecule has 0 aliphatic carbocycles. The summed E-state index contributed by atoms with van der Waals surface area (Å²) in [4.78, 5) is 3.98. The number of hydrogen-bond acceptors (Lipinski definition) is 5. The molecule has 3 aromatic heterocycles. The van der Waals surface area contributed by atoms with E-state index in [1.807, 2.05) is 25.4 Å². The van der Waals surface area contributed by atoms with Gasteiger partial charge in [0.2, 0.25) is 5.88 Å². The summed E-state index contributed by atoms with van der Waals surface area (Å²) in [6.07, 6.45) is 6.99. The van der Waals surface area contributed by atoms with Crippen LogP contribution in [0.4, 0.5) is 5.88 Å². The first-order chi connectivity index (χ1) is 8.75. The van der Waals surface area contributed by atoms with Crippen molar-refractivity contribution in [2.45, 2.75) is 0 Å². The van der Waals surface area contributed by atoms with Crippen LogP contribution >= 0.6 is 0 Å². The topological polar surface area (TPSA) is 82.8 Å².